The van der Waals surface area contributed by atoms with Gasteiger partial charge in [0.2, 0.25) is 5.91 Å². The lowest BCUT2D eigenvalue weighted by atomic mass is 9.81. The van der Waals surface area contributed by atoms with Gasteiger partial charge < -0.3 is 35.6 Å². The summed E-state index contributed by atoms with van der Waals surface area (Å²) in [4.78, 5) is 23.1. The molecule has 0 aromatic heterocycles. The first kappa shape index (κ1) is 20.8. The Bertz CT molecular complexity index is 445. The lowest BCUT2D eigenvalue weighted by Gasteiger charge is -2.47. The maximum Gasteiger partial charge on any atom is 0.336 e. The first-order valence-corrected chi connectivity index (χ1v) is 8.02. The van der Waals surface area contributed by atoms with E-state index in [-0.39, 0.29) is 12.8 Å². The van der Waals surface area contributed by atoms with Gasteiger partial charge in [0.15, 0.2) is 5.60 Å². The minimum Gasteiger partial charge on any atom is -0.479 e. The van der Waals surface area contributed by atoms with Crippen molar-refractivity contribution in [3.05, 3.63) is 0 Å². The molecule has 1 heterocycles. The van der Waals surface area contributed by atoms with E-state index in [0.29, 0.717) is 12.8 Å². The van der Waals surface area contributed by atoms with Gasteiger partial charge in [-0.3, -0.25) is 4.79 Å². The highest BCUT2D eigenvalue weighted by atomic mass is 16.6. The lowest BCUT2D eigenvalue weighted by molar-refractivity contribution is -0.231. The highest BCUT2D eigenvalue weighted by molar-refractivity contribution is 5.78. The smallest absolute Gasteiger partial charge is 0.336 e. The topological polar surface area (TPSA) is 157 Å². The molecule has 0 aromatic rings. The van der Waals surface area contributed by atoms with Crippen molar-refractivity contribution in [2.75, 3.05) is 6.61 Å². The molecule has 0 radical (unpaired) electrons. The Kier molecular flexibility index (Phi) is 7.56. The van der Waals surface area contributed by atoms with E-state index >= 15 is 0 Å². The molecule has 6 N–H and O–H groups in total. The Morgan fingerprint density at radius 2 is 2.00 bits per heavy atom. The molecule has 24 heavy (non-hydrogen) atoms. The summed E-state index contributed by atoms with van der Waals surface area (Å²) in [6.45, 7) is 2.30. The largest absolute Gasteiger partial charge is 0.479 e. The average Bonchev–Trinajstić information content (AvgIpc) is 2.53. The van der Waals surface area contributed by atoms with Gasteiger partial charge >= 0.3 is 5.97 Å². The zero-order chi connectivity index (χ0) is 18.5. The molecule has 0 aromatic carbocycles. The molecule has 9 nitrogen and oxygen atoms in total. The van der Waals surface area contributed by atoms with E-state index in [1.54, 1.807) is 0 Å². The van der Waals surface area contributed by atoms with Crippen LogP contribution in [0.4, 0.5) is 0 Å². The molecule has 1 saturated heterocycles. The summed E-state index contributed by atoms with van der Waals surface area (Å²) >= 11 is 0. The number of aliphatic hydroxyl groups excluding tert-OH is 4. The van der Waals surface area contributed by atoms with Crippen molar-refractivity contribution in [3.8, 4) is 0 Å². The van der Waals surface area contributed by atoms with Crippen molar-refractivity contribution in [2.45, 2.75) is 75.6 Å². The van der Waals surface area contributed by atoms with Gasteiger partial charge in [0.05, 0.1) is 18.8 Å². The molecular weight excluding hydrogens is 322 g/mol. The molecule has 1 fully saturated rings. The van der Waals surface area contributed by atoms with Crippen molar-refractivity contribution in [3.63, 3.8) is 0 Å². The molecule has 0 saturated carbocycles. The average molecular weight is 349 g/mol. The SMILES string of the molecule is CCCC[C@]1(C(=O)O)C[C@H](O)[C@@H](NC(C)=O)[C@@H](C(O)C(O)CO)O1. The summed E-state index contributed by atoms with van der Waals surface area (Å²) in [5, 5.41) is 51.2. The molecule has 9 heteroatoms. The van der Waals surface area contributed by atoms with Crippen LogP contribution in [0.2, 0.25) is 0 Å². The second kappa shape index (κ2) is 8.72. The number of ether oxygens (including phenoxy) is 1. The maximum absolute atomic E-state index is 11.7. The molecule has 0 bridgehead atoms. The van der Waals surface area contributed by atoms with Crippen LogP contribution < -0.4 is 5.32 Å². The maximum atomic E-state index is 11.7. The Hall–Kier alpha value is -1.26. The van der Waals surface area contributed by atoms with Crippen LogP contribution in [0.25, 0.3) is 0 Å². The van der Waals surface area contributed by atoms with Gasteiger partial charge in [0.25, 0.3) is 0 Å². The zero-order valence-electron chi connectivity index (χ0n) is 13.9. The number of carbonyl (C=O) groups excluding carboxylic acids is 1. The predicted molar refractivity (Wildman–Crippen MR) is 82.1 cm³/mol. The molecule has 6 atom stereocenters. The summed E-state index contributed by atoms with van der Waals surface area (Å²) in [6.07, 6.45) is -4.87. The third kappa shape index (κ3) is 4.64. The number of carboxylic acid groups (broad SMARTS) is 1. The van der Waals surface area contributed by atoms with Crippen LogP contribution in [0, 0.1) is 0 Å². The zero-order valence-corrected chi connectivity index (χ0v) is 13.9. The second-order valence-electron chi connectivity index (χ2n) is 6.22. The number of nitrogens with one attached hydrogen (secondary N) is 1. The van der Waals surface area contributed by atoms with Crippen LogP contribution in [0.5, 0.6) is 0 Å². The third-order valence-electron chi connectivity index (χ3n) is 4.28. The predicted octanol–water partition coefficient (Wildman–Crippen LogP) is -1.63. The summed E-state index contributed by atoms with van der Waals surface area (Å²) in [5.41, 5.74) is -1.73. The standard InChI is InChI=1S/C15H27NO8/c1-3-4-5-15(14(22)23)6-9(19)11(16-8(2)18)13(24-15)12(21)10(20)7-17/h9-13,17,19-21H,3-7H2,1-2H3,(H,16,18)(H,22,23)/t9-,10?,11+,12?,13-,15+/m0/s1. The fraction of sp³-hybridized carbons (Fsp3) is 0.867. The monoisotopic (exact) mass is 349 g/mol. The molecular formula is C15H27NO8. The van der Waals surface area contributed by atoms with E-state index < -0.39 is 54.5 Å². The van der Waals surface area contributed by atoms with E-state index in [2.05, 4.69) is 5.32 Å². The first-order chi connectivity index (χ1) is 11.2. The van der Waals surface area contributed by atoms with E-state index in [4.69, 9.17) is 9.84 Å². The number of amides is 1. The van der Waals surface area contributed by atoms with Crippen molar-refractivity contribution in [1.29, 1.82) is 0 Å². The normalized spacial score (nSPS) is 32.8. The number of aliphatic hydroxyl groups is 4. The molecule has 1 amide bonds. The number of hydrogen-bond acceptors (Lipinski definition) is 7. The van der Waals surface area contributed by atoms with E-state index in [9.17, 15) is 30.0 Å². The summed E-state index contributed by atoms with van der Waals surface area (Å²) < 4.78 is 5.61. The number of unbranched alkanes of at least 4 members (excludes halogenated alkanes) is 1. The number of rotatable bonds is 8. The molecule has 0 spiro atoms. The first-order valence-electron chi connectivity index (χ1n) is 8.02. The number of carboxylic acids is 1. The van der Waals surface area contributed by atoms with E-state index in [0.717, 1.165) is 0 Å². The molecule has 0 aliphatic carbocycles. The van der Waals surface area contributed by atoms with E-state index in [1.165, 1.54) is 6.92 Å². The second-order valence-corrected chi connectivity index (χ2v) is 6.22. The number of carbonyl (C=O) groups is 2. The quantitative estimate of drug-likeness (QED) is 0.305. The van der Waals surface area contributed by atoms with Gasteiger partial charge in [-0.2, -0.15) is 0 Å². The van der Waals surface area contributed by atoms with Gasteiger partial charge in [-0.05, 0) is 6.42 Å². The highest BCUT2D eigenvalue weighted by Crippen LogP contribution is 2.36. The summed E-state index contributed by atoms with van der Waals surface area (Å²) in [5.74, 6) is -1.79. The number of aliphatic carboxylic acids is 1. The Morgan fingerprint density at radius 1 is 1.38 bits per heavy atom. The molecule has 2 unspecified atom stereocenters. The van der Waals surface area contributed by atoms with Crippen LogP contribution in [-0.2, 0) is 14.3 Å². The van der Waals surface area contributed by atoms with Crippen molar-refractivity contribution in [2.24, 2.45) is 0 Å². The minimum atomic E-state index is -1.73. The number of hydrogen-bond donors (Lipinski definition) is 6. The fourth-order valence-electron chi connectivity index (χ4n) is 2.96. The van der Waals surface area contributed by atoms with Crippen LogP contribution in [-0.4, -0.2) is 80.1 Å². The van der Waals surface area contributed by atoms with Gasteiger partial charge in [0, 0.05) is 13.3 Å². The van der Waals surface area contributed by atoms with Crippen LogP contribution >= 0.6 is 0 Å². The summed E-state index contributed by atoms with van der Waals surface area (Å²) in [7, 11) is 0. The Balaban J connectivity index is 3.16. The lowest BCUT2D eigenvalue weighted by Crippen LogP contribution is -2.67. The fourth-order valence-corrected chi connectivity index (χ4v) is 2.96. The Labute approximate surface area is 140 Å². The van der Waals surface area contributed by atoms with Gasteiger partial charge in [-0.15, -0.1) is 0 Å². The molecule has 1 rings (SSSR count). The Morgan fingerprint density at radius 3 is 2.46 bits per heavy atom. The molecule has 1 aliphatic rings. The van der Waals surface area contributed by atoms with Crippen LogP contribution in [0.3, 0.4) is 0 Å². The highest BCUT2D eigenvalue weighted by Gasteiger charge is 2.53. The van der Waals surface area contributed by atoms with Crippen molar-refractivity contribution >= 4 is 11.9 Å². The molecule has 1 aliphatic heterocycles. The van der Waals surface area contributed by atoms with Gasteiger partial charge in [-0.1, -0.05) is 19.8 Å². The van der Waals surface area contributed by atoms with Gasteiger partial charge in [-0.25, -0.2) is 4.79 Å². The van der Waals surface area contributed by atoms with Crippen molar-refractivity contribution in [1.82, 2.24) is 5.32 Å². The van der Waals surface area contributed by atoms with Crippen molar-refractivity contribution < 1.29 is 39.9 Å². The van der Waals surface area contributed by atoms with Gasteiger partial charge in [0.1, 0.15) is 18.3 Å². The minimum absolute atomic E-state index is 0.112. The molecule has 140 valence electrons. The van der Waals surface area contributed by atoms with Crippen LogP contribution in [0.15, 0.2) is 0 Å². The third-order valence-corrected chi connectivity index (χ3v) is 4.28. The van der Waals surface area contributed by atoms with Crippen LogP contribution in [0.1, 0.15) is 39.5 Å². The van der Waals surface area contributed by atoms with E-state index in [1.807, 2.05) is 6.92 Å². The summed E-state index contributed by atoms with van der Waals surface area (Å²) in [6, 6.07) is -1.10.